The summed E-state index contributed by atoms with van der Waals surface area (Å²) in [5.41, 5.74) is 1.62. The molecule has 0 saturated carbocycles. The summed E-state index contributed by atoms with van der Waals surface area (Å²) in [6, 6.07) is 5.53. The topological polar surface area (TPSA) is 53.6 Å². The van der Waals surface area contributed by atoms with E-state index in [0.717, 1.165) is 24.5 Å². The Kier molecular flexibility index (Phi) is 5.01. The van der Waals surface area contributed by atoms with Gasteiger partial charge in [-0.05, 0) is 19.2 Å². The minimum atomic E-state index is -0.0840. The van der Waals surface area contributed by atoms with E-state index in [1.165, 1.54) is 0 Å². The Morgan fingerprint density at radius 1 is 1.42 bits per heavy atom. The van der Waals surface area contributed by atoms with Gasteiger partial charge in [-0.25, -0.2) is 0 Å². The van der Waals surface area contributed by atoms with Gasteiger partial charge in [-0.2, -0.15) is 0 Å². The standard InChI is InChI=1S/C13H18ClN3O2/c1-15-9-12(18)16-11-4-2-3-10(14)13(11)17-5-7-19-8-6-17/h2-4,15H,5-9H2,1H3,(H,16,18). The van der Waals surface area contributed by atoms with Gasteiger partial charge in [-0.3, -0.25) is 4.79 Å². The number of hydrogen-bond acceptors (Lipinski definition) is 4. The van der Waals surface area contributed by atoms with E-state index in [9.17, 15) is 4.79 Å². The van der Waals surface area contributed by atoms with Crippen molar-refractivity contribution < 1.29 is 9.53 Å². The molecule has 0 bridgehead atoms. The first-order valence-electron chi connectivity index (χ1n) is 6.28. The molecule has 1 aromatic rings. The second-order valence-corrected chi connectivity index (χ2v) is 4.72. The monoisotopic (exact) mass is 283 g/mol. The highest BCUT2D eigenvalue weighted by atomic mass is 35.5. The van der Waals surface area contributed by atoms with Gasteiger partial charge in [0.2, 0.25) is 5.91 Å². The van der Waals surface area contributed by atoms with Gasteiger partial charge in [-0.15, -0.1) is 0 Å². The highest BCUT2D eigenvalue weighted by Crippen LogP contribution is 2.34. The highest BCUT2D eigenvalue weighted by molar-refractivity contribution is 6.34. The van der Waals surface area contributed by atoms with Crippen LogP contribution in [0.3, 0.4) is 0 Å². The van der Waals surface area contributed by atoms with Gasteiger partial charge in [0.15, 0.2) is 0 Å². The molecule has 1 saturated heterocycles. The molecule has 0 aliphatic carbocycles. The maximum absolute atomic E-state index is 11.7. The molecule has 1 fully saturated rings. The first-order chi connectivity index (χ1) is 9.22. The van der Waals surface area contributed by atoms with Crippen LogP contribution < -0.4 is 15.5 Å². The van der Waals surface area contributed by atoms with Crippen LogP contribution in [0.25, 0.3) is 0 Å². The van der Waals surface area contributed by atoms with Crippen LogP contribution in [0.1, 0.15) is 0 Å². The number of para-hydroxylation sites is 1. The average molecular weight is 284 g/mol. The minimum Gasteiger partial charge on any atom is -0.378 e. The fraction of sp³-hybridized carbons (Fsp3) is 0.462. The Hall–Kier alpha value is -1.30. The number of likely N-dealkylation sites (N-methyl/N-ethyl adjacent to an activating group) is 1. The summed E-state index contributed by atoms with van der Waals surface area (Å²) in [5, 5.41) is 6.35. The number of carbonyl (C=O) groups is 1. The van der Waals surface area contributed by atoms with Crippen molar-refractivity contribution >= 4 is 28.9 Å². The number of morpholine rings is 1. The second kappa shape index (κ2) is 6.75. The predicted molar refractivity (Wildman–Crippen MR) is 77.0 cm³/mol. The second-order valence-electron chi connectivity index (χ2n) is 4.31. The quantitative estimate of drug-likeness (QED) is 0.875. The summed E-state index contributed by atoms with van der Waals surface area (Å²) in [4.78, 5) is 13.8. The molecular weight excluding hydrogens is 266 g/mol. The number of rotatable bonds is 4. The number of amides is 1. The van der Waals surface area contributed by atoms with Crippen LogP contribution in [0, 0.1) is 0 Å². The molecule has 0 radical (unpaired) electrons. The fourth-order valence-corrected chi connectivity index (χ4v) is 2.37. The number of hydrogen-bond donors (Lipinski definition) is 2. The van der Waals surface area contributed by atoms with Crippen LogP contribution >= 0.6 is 11.6 Å². The zero-order valence-electron chi connectivity index (χ0n) is 10.9. The summed E-state index contributed by atoms with van der Waals surface area (Å²) < 4.78 is 5.34. The summed E-state index contributed by atoms with van der Waals surface area (Å²) in [6.07, 6.45) is 0. The SMILES string of the molecule is CNCC(=O)Nc1cccc(Cl)c1N1CCOCC1. The number of anilines is 2. The van der Waals surface area contributed by atoms with Gasteiger partial charge >= 0.3 is 0 Å². The molecule has 1 aliphatic rings. The molecule has 6 heteroatoms. The smallest absolute Gasteiger partial charge is 0.238 e. The first-order valence-corrected chi connectivity index (χ1v) is 6.66. The van der Waals surface area contributed by atoms with Crippen LogP contribution in [-0.4, -0.2) is 45.8 Å². The summed E-state index contributed by atoms with van der Waals surface area (Å²) in [7, 11) is 1.74. The summed E-state index contributed by atoms with van der Waals surface area (Å²) >= 11 is 6.27. The van der Waals surface area contributed by atoms with Crippen molar-refractivity contribution in [3.05, 3.63) is 23.2 Å². The van der Waals surface area contributed by atoms with Crippen molar-refractivity contribution in [1.29, 1.82) is 0 Å². The maximum atomic E-state index is 11.7. The van der Waals surface area contributed by atoms with E-state index in [1.807, 2.05) is 18.2 Å². The largest absolute Gasteiger partial charge is 0.378 e. The van der Waals surface area contributed by atoms with Crippen LogP contribution in [0.4, 0.5) is 11.4 Å². The number of nitrogens with zero attached hydrogens (tertiary/aromatic N) is 1. The lowest BCUT2D eigenvalue weighted by molar-refractivity contribution is -0.115. The lowest BCUT2D eigenvalue weighted by atomic mass is 10.2. The van der Waals surface area contributed by atoms with E-state index in [-0.39, 0.29) is 12.5 Å². The van der Waals surface area contributed by atoms with Crippen molar-refractivity contribution in [3.63, 3.8) is 0 Å². The Morgan fingerprint density at radius 3 is 2.84 bits per heavy atom. The van der Waals surface area contributed by atoms with Crippen molar-refractivity contribution in [2.75, 3.05) is 50.1 Å². The number of carbonyl (C=O) groups excluding carboxylic acids is 1. The minimum absolute atomic E-state index is 0.0840. The van der Waals surface area contributed by atoms with E-state index < -0.39 is 0 Å². The molecule has 5 nitrogen and oxygen atoms in total. The van der Waals surface area contributed by atoms with Gasteiger partial charge in [0.1, 0.15) is 0 Å². The van der Waals surface area contributed by atoms with E-state index in [1.54, 1.807) is 7.05 Å². The third-order valence-corrected chi connectivity index (χ3v) is 3.23. The van der Waals surface area contributed by atoms with E-state index in [4.69, 9.17) is 16.3 Å². The van der Waals surface area contributed by atoms with Crippen molar-refractivity contribution in [2.45, 2.75) is 0 Å². The Balaban J connectivity index is 2.22. The molecule has 19 heavy (non-hydrogen) atoms. The average Bonchev–Trinajstić information content (AvgIpc) is 2.40. The van der Waals surface area contributed by atoms with Gasteiger partial charge in [-0.1, -0.05) is 17.7 Å². The summed E-state index contributed by atoms with van der Waals surface area (Å²) in [5.74, 6) is -0.0840. The molecule has 104 valence electrons. The Bertz CT molecular complexity index is 448. The van der Waals surface area contributed by atoms with E-state index in [0.29, 0.717) is 18.2 Å². The van der Waals surface area contributed by atoms with Gasteiger partial charge < -0.3 is 20.3 Å². The van der Waals surface area contributed by atoms with Gasteiger partial charge in [0.05, 0.1) is 36.2 Å². The molecule has 0 unspecified atom stereocenters. The van der Waals surface area contributed by atoms with Crippen molar-refractivity contribution in [2.24, 2.45) is 0 Å². The molecule has 2 rings (SSSR count). The van der Waals surface area contributed by atoms with Crippen LogP contribution in [0.5, 0.6) is 0 Å². The predicted octanol–water partition coefficient (Wildman–Crippen LogP) is 1.33. The third-order valence-electron chi connectivity index (χ3n) is 2.93. The third kappa shape index (κ3) is 3.59. The lowest BCUT2D eigenvalue weighted by Crippen LogP contribution is -2.37. The number of nitrogens with one attached hydrogen (secondary N) is 2. The Labute approximate surface area is 117 Å². The number of halogens is 1. The lowest BCUT2D eigenvalue weighted by Gasteiger charge is -2.31. The molecule has 2 N–H and O–H groups in total. The van der Waals surface area contributed by atoms with Crippen LogP contribution in [0.2, 0.25) is 5.02 Å². The zero-order valence-corrected chi connectivity index (χ0v) is 11.7. The fourth-order valence-electron chi connectivity index (χ4n) is 2.08. The molecular formula is C13H18ClN3O2. The normalized spacial score (nSPS) is 15.4. The zero-order chi connectivity index (χ0) is 13.7. The molecule has 0 spiro atoms. The van der Waals surface area contributed by atoms with Crippen molar-refractivity contribution in [1.82, 2.24) is 5.32 Å². The van der Waals surface area contributed by atoms with E-state index >= 15 is 0 Å². The molecule has 0 aromatic heterocycles. The Morgan fingerprint density at radius 2 is 2.16 bits per heavy atom. The number of benzene rings is 1. The number of ether oxygens (including phenoxy) is 1. The molecule has 1 heterocycles. The van der Waals surface area contributed by atoms with Gasteiger partial charge in [0.25, 0.3) is 0 Å². The van der Waals surface area contributed by atoms with Gasteiger partial charge in [0, 0.05) is 13.1 Å². The van der Waals surface area contributed by atoms with Crippen LogP contribution in [-0.2, 0) is 9.53 Å². The van der Waals surface area contributed by atoms with Crippen molar-refractivity contribution in [3.8, 4) is 0 Å². The first kappa shape index (κ1) is 14.1. The van der Waals surface area contributed by atoms with E-state index in [2.05, 4.69) is 15.5 Å². The molecule has 1 aliphatic heterocycles. The molecule has 1 amide bonds. The maximum Gasteiger partial charge on any atom is 0.238 e. The van der Waals surface area contributed by atoms with Crippen LogP contribution in [0.15, 0.2) is 18.2 Å². The molecule has 1 aromatic carbocycles. The summed E-state index contributed by atoms with van der Waals surface area (Å²) in [6.45, 7) is 3.18. The molecule has 0 atom stereocenters. The highest BCUT2D eigenvalue weighted by Gasteiger charge is 2.18.